The van der Waals surface area contributed by atoms with Gasteiger partial charge in [-0.3, -0.25) is 4.79 Å². The van der Waals surface area contributed by atoms with Crippen LogP contribution in [0.3, 0.4) is 0 Å². The standard InChI is InChI=1S/C9H18N2O2/c1-6(13-2)3-4-9(12)11-8-5-7(8)10/h6-8H,3-5,10H2,1-2H3,(H,11,12). The summed E-state index contributed by atoms with van der Waals surface area (Å²) in [6.07, 6.45) is 2.37. The predicted octanol–water partition coefficient (Wildman–Crippen LogP) is 0.0173. The van der Waals surface area contributed by atoms with Gasteiger partial charge in [0.2, 0.25) is 5.91 Å². The fourth-order valence-electron chi connectivity index (χ4n) is 1.11. The summed E-state index contributed by atoms with van der Waals surface area (Å²) in [5, 5.41) is 2.86. The second kappa shape index (κ2) is 4.58. The fourth-order valence-corrected chi connectivity index (χ4v) is 1.11. The van der Waals surface area contributed by atoms with E-state index in [1.54, 1.807) is 7.11 Å². The van der Waals surface area contributed by atoms with E-state index in [1.165, 1.54) is 0 Å². The van der Waals surface area contributed by atoms with Crippen LogP contribution < -0.4 is 11.1 Å². The molecular formula is C9H18N2O2. The Kier molecular flexibility index (Phi) is 3.69. The highest BCUT2D eigenvalue weighted by molar-refractivity contribution is 5.76. The van der Waals surface area contributed by atoms with E-state index in [9.17, 15) is 4.79 Å². The number of hydrogen-bond acceptors (Lipinski definition) is 3. The molecule has 1 rings (SSSR count). The maximum atomic E-state index is 11.2. The molecule has 1 amide bonds. The smallest absolute Gasteiger partial charge is 0.220 e. The van der Waals surface area contributed by atoms with Crippen molar-refractivity contribution < 1.29 is 9.53 Å². The van der Waals surface area contributed by atoms with Crippen molar-refractivity contribution >= 4 is 5.91 Å². The molecule has 0 heterocycles. The Morgan fingerprint density at radius 1 is 1.77 bits per heavy atom. The van der Waals surface area contributed by atoms with Gasteiger partial charge in [0, 0.05) is 25.6 Å². The maximum Gasteiger partial charge on any atom is 0.220 e. The van der Waals surface area contributed by atoms with Crippen molar-refractivity contribution in [2.75, 3.05) is 7.11 Å². The fraction of sp³-hybridized carbons (Fsp3) is 0.889. The molecule has 1 aliphatic rings. The molecule has 0 aromatic carbocycles. The third-order valence-corrected chi connectivity index (χ3v) is 2.37. The summed E-state index contributed by atoms with van der Waals surface area (Å²) < 4.78 is 5.04. The highest BCUT2D eigenvalue weighted by atomic mass is 16.5. The van der Waals surface area contributed by atoms with Gasteiger partial charge in [-0.1, -0.05) is 0 Å². The Morgan fingerprint density at radius 3 is 2.85 bits per heavy atom. The van der Waals surface area contributed by atoms with Gasteiger partial charge in [-0.05, 0) is 19.8 Å². The first-order valence-electron chi connectivity index (χ1n) is 4.71. The van der Waals surface area contributed by atoms with Crippen molar-refractivity contribution in [2.45, 2.75) is 44.4 Å². The monoisotopic (exact) mass is 186 g/mol. The van der Waals surface area contributed by atoms with Crippen LogP contribution in [0.1, 0.15) is 26.2 Å². The van der Waals surface area contributed by atoms with Gasteiger partial charge in [0.05, 0.1) is 6.10 Å². The Morgan fingerprint density at radius 2 is 2.38 bits per heavy atom. The largest absolute Gasteiger partial charge is 0.382 e. The van der Waals surface area contributed by atoms with Crippen molar-refractivity contribution in [3.05, 3.63) is 0 Å². The lowest BCUT2D eigenvalue weighted by Gasteiger charge is -2.08. The van der Waals surface area contributed by atoms with Crippen LogP contribution >= 0.6 is 0 Å². The number of nitrogens with one attached hydrogen (secondary N) is 1. The van der Waals surface area contributed by atoms with E-state index in [-0.39, 0.29) is 24.1 Å². The number of methoxy groups -OCH3 is 1. The van der Waals surface area contributed by atoms with E-state index < -0.39 is 0 Å². The molecule has 0 radical (unpaired) electrons. The number of carbonyl (C=O) groups excluding carboxylic acids is 1. The van der Waals surface area contributed by atoms with Gasteiger partial charge in [0.1, 0.15) is 0 Å². The third kappa shape index (κ3) is 3.74. The average molecular weight is 186 g/mol. The molecule has 0 aromatic rings. The highest BCUT2D eigenvalue weighted by Crippen LogP contribution is 2.17. The molecule has 1 aliphatic carbocycles. The van der Waals surface area contributed by atoms with Crippen LogP contribution in [-0.2, 0) is 9.53 Å². The maximum absolute atomic E-state index is 11.2. The van der Waals surface area contributed by atoms with Crippen LogP contribution in [-0.4, -0.2) is 31.2 Å². The van der Waals surface area contributed by atoms with Gasteiger partial charge in [0.15, 0.2) is 0 Å². The van der Waals surface area contributed by atoms with Gasteiger partial charge < -0.3 is 15.8 Å². The number of ether oxygens (including phenoxy) is 1. The summed E-state index contributed by atoms with van der Waals surface area (Å²) in [5.41, 5.74) is 5.56. The highest BCUT2D eigenvalue weighted by Gasteiger charge is 2.34. The average Bonchev–Trinajstić information content (AvgIpc) is 2.77. The van der Waals surface area contributed by atoms with Gasteiger partial charge in [-0.15, -0.1) is 0 Å². The minimum Gasteiger partial charge on any atom is -0.382 e. The topological polar surface area (TPSA) is 64.3 Å². The third-order valence-electron chi connectivity index (χ3n) is 2.37. The number of carbonyl (C=O) groups is 1. The second-order valence-corrected chi connectivity index (χ2v) is 3.66. The molecule has 1 fully saturated rings. The van der Waals surface area contributed by atoms with E-state index in [2.05, 4.69) is 5.32 Å². The van der Waals surface area contributed by atoms with Crippen molar-refractivity contribution in [2.24, 2.45) is 5.73 Å². The van der Waals surface area contributed by atoms with Crippen LogP contribution in [0.4, 0.5) is 0 Å². The summed E-state index contributed by atoms with van der Waals surface area (Å²) in [4.78, 5) is 11.2. The lowest BCUT2D eigenvalue weighted by atomic mass is 10.2. The molecule has 76 valence electrons. The summed E-state index contributed by atoms with van der Waals surface area (Å²) in [6, 6.07) is 0.411. The quantitative estimate of drug-likeness (QED) is 0.636. The normalized spacial score (nSPS) is 28.2. The minimum atomic E-state index is 0.0850. The molecule has 0 aliphatic heterocycles. The lowest BCUT2D eigenvalue weighted by Crippen LogP contribution is -2.30. The molecule has 3 unspecified atom stereocenters. The molecule has 3 N–H and O–H groups in total. The first kappa shape index (κ1) is 10.5. The van der Waals surface area contributed by atoms with Crippen LogP contribution in [0.2, 0.25) is 0 Å². The zero-order valence-corrected chi connectivity index (χ0v) is 8.25. The van der Waals surface area contributed by atoms with Crippen LogP contribution in [0, 0.1) is 0 Å². The Bertz CT molecular complexity index is 184. The van der Waals surface area contributed by atoms with Gasteiger partial charge in [0.25, 0.3) is 0 Å². The summed E-state index contributed by atoms with van der Waals surface area (Å²) in [5.74, 6) is 0.0850. The zero-order valence-electron chi connectivity index (χ0n) is 8.25. The Labute approximate surface area is 78.8 Å². The van der Waals surface area contributed by atoms with E-state index >= 15 is 0 Å². The number of amides is 1. The summed E-state index contributed by atoms with van der Waals surface area (Å²) >= 11 is 0. The Hall–Kier alpha value is -0.610. The number of hydrogen-bond donors (Lipinski definition) is 2. The lowest BCUT2D eigenvalue weighted by molar-refractivity contribution is -0.121. The van der Waals surface area contributed by atoms with Crippen LogP contribution in [0.15, 0.2) is 0 Å². The molecule has 4 heteroatoms. The predicted molar refractivity (Wildman–Crippen MR) is 50.2 cm³/mol. The zero-order chi connectivity index (χ0) is 9.84. The van der Waals surface area contributed by atoms with E-state index in [0.717, 1.165) is 12.8 Å². The Balaban J connectivity index is 2.04. The second-order valence-electron chi connectivity index (χ2n) is 3.66. The van der Waals surface area contributed by atoms with Crippen molar-refractivity contribution in [3.8, 4) is 0 Å². The van der Waals surface area contributed by atoms with Crippen molar-refractivity contribution in [3.63, 3.8) is 0 Å². The molecule has 3 atom stereocenters. The number of rotatable bonds is 5. The number of nitrogens with two attached hydrogens (primary N) is 1. The summed E-state index contributed by atoms with van der Waals surface area (Å²) in [7, 11) is 1.65. The van der Waals surface area contributed by atoms with E-state index in [4.69, 9.17) is 10.5 Å². The molecule has 0 spiro atoms. The molecule has 0 bridgehead atoms. The van der Waals surface area contributed by atoms with Gasteiger partial charge >= 0.3 is 0 Å². The molecular weight excluding hydrogens is 168 g/mol. The SMILES string of the molecule is COC(C)CCC(=O)NC1CC1N. The first-order chi connectivity index (χ1) is 6.13. The summed E-state index contributed by atoms with van der Waals surface area (Å²) in [6.45, 7) is 1.95. The minimum absolute atomic E-state index is 0.0850. The molecule has 1 saturated carbocycles. The van der Waals surface area contributed by atoms with Crippen molar-refractivity contribution in [1.29, 1.82) is 0 Å². The van der Waals surface area contributed by atoms with Gasteiger partial charge in [-0.2, -0.15) is 0 Å². The molecule has 0 saturated heterocycles. The molecule has 4 nitrogen and oxygen atoms in total. The van der Waals surface area contributed by atoms with Crippen molar-refractivity contribution in [1.82, 2.24) is 5.32 Å². The van der Waals surface area contributed by atoms with Gasteiger partial charge in [-0.25, -0.2) is 0 Å². The van der Waals surface area contributed by atoms with Crippen LogP contribution in [0.5, 0.6) is 0 Å². The van der Waals surface area contributed by atoms with E-state index in [1.807, 2.05) is 6.92 Å². The molecule has 0 aromatic heterocycles. The van der Waals surface area contributed by atoms with E-state index in [0.29, 0.717) is 6.42 Å². The molecule has 13 heavy (non-hydrogen) atoms. The first-order valence-corrected chi connectivity index (χ1v) is 4.71. The van der Waals surface area contributed by atoms with Crippen LogP contribution in [0.25, 0.3) is 0 Å².